The Bertz CT molecular complexity index is 675. The van der Waals surface area contributed by atoms with Crippen molar-refractivity contribution >= 4 is 11.9 Å². The second kappa shape index (κ2) is 9.22. The van der Waals surface area contributed by atoms with Crippen molar-refractivity contribution in [3.05, 3.63) is 28.8 Å². The van der Waals surface area contributed by atoms with Gasteiger partial charge < -0.3 is 19.1 Å². The molecule has 27 heavy (non-hydrogen) atoms. The highest BCUT2D eigenvalue weighted by molar-refractivity contribution is 5.91. The van der Waals surface area contributed by atoms with Gasteiger partial charge in [-0.25, -0.2) is 4.79 Å². The summed E-state index contributed by atoms with van der Waals surface area (Å²) in [5, 5.41) is 0. The summed E-state index contributed by atoms with van der Waals surface area (Å²) in [4.78, 5) is 26.8. The summed E-state index contributed by atoms with van der Waals surface area (Å²) in [7, 11) is 3.02. The molecule has 0 spiro atoms. The number of rotatable bonds is 5. The number of hydrogen-bond donors (Lipinski definition) is 0. The van der Waals surface area contributed by atoms with Crippen LogP contribution in [0, 0.1) is 0 Å². The van der Waals surface area contributed by atoms with Crippen molar-refractivity contribution in [2.24, 2.45) is 0 Å². The van der Waals surface area contributed by atoms with Crippen LogP contribution >= 0.6 is 0 Å². The first-order valence-corrected chi connectivity index (χ1v) is 9.78. The number of benzene rings is 1. The van der Waals surface area contributed by atoms with Crippen LogP contribution in [0.3, 0.4) is 0 Å². The third-order valence-corrected chi connectivity index (χ3v) is 5.57. The van der Waals surface area contributed by atoms with Crippen molar-refractivity contribution in [3.63, 3.8) is 0 Å². The predicted molar refractivity (Wildman–Crippen MR) is 101 cm³/mol. The first-order chi connectivity index (χ1) is 13.1. The minimum Gasteiger partial charge on any atom is -0.496 e. The number of ether oxygens (including phenoxy) is 3. The molecule has 1 saturated heterocycles. The van der Waals surface area contributed by atoms with Gasteiger partial charge in [0.1, 0.15) is 5.75 Å². The molecule has 2 fully saturated rings. The first-order valence-electron chi connectivity index (χ1n) is 9.78. The zero-order valence-electron chi connectivity index (χ0n) is 16.3. The summed E-state index contributed by atoms with van der Waals surface area (Å²) < 4.78 is 16.0. The van der Waals surface area contributed by atoms with Crippen LogP contribution in [-0.4, -0.2) is 57.3 Å². The Morgan fingerprint density at radius 1 is 1.11 bits per heavy atom. The molecule has 2 aliphatic rings. The van der Waals surface area contributed by atoms with Crippen LogP contribution in [-0.2, 0) is 20.7 Å². The molecule has 3 rings (SSSR count). The maximum Gasteiger partial charge on any atom is 0.337 e. The second-order valence-corrected chi connectivity index (χ2v) is 7.25. The minimum atomic E-state index is -0.380. The Kier molecular flexibility index (Phi) is 6.72. The van der Waals surface area contributed by atoms with Gasteiger partial charge >= 0.3 is 5.97 Å². The lowest BCUT2D eigenvalue weighted by molar-refractivity contribution is -0.134. The Labute approximate surface area is 160 Å². The molecule has 6 heteroatoms. The number of carbonyl (C=O) groups excluding carboxylic acids is 2. The Morgan fingerprint density at radius 3 is 2.44 bits per heavy atom. The highest BCUT2D eigenvalue weighted by Crippen LogP contribution is 2.40. The maximum absolute atomic E-state index is 12.8. The number of carbonyl (C=O) groups is 2. The van der Waals surface area contributed by atoms with Crippen molar-refractivity contribution in [1.29, 1.82) is 0 Å². The van der Waals surface area contributed by atoms with Crippen molar-refractivity contribution < 1.29 is 23.8 Å². The number of methoxy groups -OCH3 is 2. The van der Waals surface area contributed by atoms with E-state index in [0.717, 1.165) is 29.7 Å². The number of morpholine rings is 1. The third-order valence-electron chi connectivity index (χ3n) is 5.57. The van der Waals surface area contributed by atoms with Gasteiger partial charge in [-0.1, -0.05) is 19.3 Å². The molecule has 1 aliphatic heterocycles. The minimum absolute atomic E-state index is 0.0354. The lowest BCUT2D eigenvalue weighted by atomic mass is 9.82. The number of amides is 1. The highest BCUT2D eigenvalue weighted by Gasteiger charge is 2.26. The van der Waals surface area contributed by atoms with Gasteiger partial charge in [-0.3, -0.25) is 4.79 Å². The molecule has 148 valence electrons. The smallest absolute Gasteiger partial charge is 0.337 e. The zero-order valence-corrected chi connectivity index (χ0v) is 16.3. The second-order valence-electron chi connectivity index (χ2n) is 7.25. The number of hydrogen-bond acceptors (Lipinski definition) is 5. The van der Waals surface area contributed by atoms with Crippen molar-refractivity contribution in [2.45, 2.75) is 44.4 Å². The maximum atomic E-state index is 12.8. The molecule has 1 aromatic carbocycles. The molecule has 0 radical (unpaired) electrons. The van der Waals surface area contributed by atoms with Gasteiger partial charge in [-0.2, -0.15) is 0 Å². The fourth-order valence-corrected chi connectivity index (χ4v) is 4.13. The molecule has 1 heterocycles. The standard InChI is InChI=1S/C21H29NO5/c1-25-20-16(14-19(23)22-8-10-27-11-9-22)12-17(21(24)26-2)13-18(20)15-6-4-3-5-7-15/h12-13,15H,3-11,14H2,1-2H3. The topological polar surface area (TPSA) is 65.1 Å². The molecule has 1 saturated carbocycles. The van der Waals surface area contributed by atoms with Gasteiger partial charge in [0.2, 0.25) is 5.91 Å². The van der Waals surface area contributed by atoms with Gasteiger partial charge in [0, 0.05) is 18.7 Å². The number of nitrogens with zero attached hydrogens (tertiary/aromatic N) is 1. The van der Waals surface area contributed by atoms with E-state index < -0.39 is 0 Å². The quantitative estimate of drug-likeness (QED) is 0.741. The first kappa shape index (κ1) is 19.7. The van der Waals surface area contributed by atoms with Crippen LogP contribution < -0.4 is 4.74 Å². The summed E-state index contributed by atoms with van der Waals surface area (Å²) >= 11 is 0. The average Bonchev–Trinajstić information content (AvgIpc) is 2.73. The SMILES string of the molecule is COC(=O)c1cc(CC(=O)N2CCOCC2)c(OC)c(C2CCCCC2)c1. The summed E-state index contributed by atoms with van der Waals surface area (Å²) in [6.07, 6.45) is 5.98. The van der Waals surface area contributed by atoms with Crippen molar-refractivity contribution in [2.75, 3.05) is 40.5 Å². The van der Waals surface area contributed by atoms with Crippen LogP contribution in [0.25, 0.3) is 0 Å². The van der Waals surface area contributed by atoms with E-state index in [9.17, 15) is 9.59 Å². The van der Waals surface area contributed by atoms with Gasteiger partial charge in [-0.05, 0) is 36.5 Å². The molecule has 0 atom stereocenters. The Morgan fingerprint density at radius 2 is 1.81 bits per heavy atom. The largest absolute Gasteiger partial charge is 0.496 e. The van der Waals surface area contributed by atoms with Crippen LogP contribution in [0.5, 0.6) is 5.75 Å². The van der Waals surface area contributed by atoms with E-state index in [-0.39, 0.29) is 18.3 Å². The van der Waals surface area contributed by atoms with E-state index in [1.165, 1.54) is 26.4 Å². The van der Waals surface area contributed by atoms with E-state index in [2.05, 4.69) is 0 Å². The van der Waals surface area contributed by atoms with E-state index >= 15 is 0 Å². The molecular weight excluding hydrogens is 346 g/mol. The molecule has 1 aromatic rings. The molecule has 0 unspecified atom stereocenters. The van der Waals surface area contributed by atoms with Gasteiger partial charge in [0.15, 0.2) is 0 Å². The van der Waals surface area contributed by atoms with E-state index in [4.69, 9.17) is 14.2 Å². The molecule has 0 N–H and O–H groups in total. The predicted octanol–water partition coefficient (Wildman–Crippen LogP) is 2.93. The van der Waals surface area contributed by atoms with E-state index in [0.29, 0.717) is 37.8 Å². The molecule has 1 amide bonds. The van der Waals surface area contributed by atoms with Crippen LogP contribution in [0.15, 0.2) is 12.1 Å². The van der Waals surface area contributed by atoms with Crippen molar-refractivity contribution in [3.8, 4) is 5.75 Å². The van der Waals surface area contributed by atoms with Crippen LogP contribution in [0.1, 0.15) is 59.5 Å². The summed E-state index contributed by atoms with van der Waals surface area (Å²) in [6, 6.07) is 3.64. The van der Waals surface area contributed by atoms with Gasteiger partial charge in [0.25, 0.3) is 0 Å². The fraction of sp³-hybridized carbons (Fsp3) is 0.619. The normalized spacial score (nSPS) is 18.2. The molecule has 1 aliphatic carbocycles. The average molecular weight is 375 g/mol. The Balaban J connectivity index is 1.94. The summed E-state index contributed by atoms with van der Waals surface area (Å²) in [5.41, 5.74) is 2.28. The molecule has 6 nitrogen and oxygen atoms in total. The molecule has 0 aromatic heterocycles. The van der Waals surface area contributed by atoms with Gasteiger partial charge in [-0.15, -0.1) is 0 Å². The van der Waals surface area contributed by atoms with E-state index in [1.54, 1.807) is 13.2 Å². The lowest BCUT2D eigenvalue weighted by Gasteiger charge is -2.28. The lowest BCUT2D eigenvalue weighted by Crippen LogP contribution is -2.41. The van der Waals surface area contributed by atoms with Gasteiger partial charge in [0.05, 0.1) is 39.4 Å². The fourth-order valence-electron chi connectivity index (χ4n) is 4.13. The van der Waals surface area contributed by atoms with Crippen LogP contribution in [0.4, 0.5) is 0 Å². The summed E-state index contributed by atoms with van der Waals surface area (Å²) in [5.74, 6) is 0.759. The molecule has 0 bridgehead atoms. The number of esters is 1. The van der Waals surface area contributed by atoms with Crippen molar-refractivity contribution in [1.82, 2.24) is 4.90 Å². The zero-order chi connectivity index (χ0) is 19.2. The van der Waals surface area contributed by atoms with Crippen LogP contribution in [0.2, 0.25) is 0 Å². The monoisotopic (exact) mass is 375 g/mol. The van der Waals surface area contributed by atoms with E-state index in [1.807, 2.05) is 11.0 Å². The third kappa shape index (κ3) is 4.61. The summed E-state index contributed by atoms with van der Waals surface area (Å²) in [6.45, 7) is 2.34. The Hall–Kier alpha value is -2.08. The highest BCUT2D eigenvalue weighted by atomic mass is 16.5. The molecular formula is C21H29NO5.